The van der Waals surface area contributed by atoms with Crippen LogP contribution in [0.4, 0.5) is 5.69 Å². The van der Waals surface area contributed by atoms with E-state index >= 15 is 0 Å². The third kappa shape index (κ3) is 3.47. The van der Waals surface area contributed by atoms with Gasteiger partial charge in [-0.15, -0.1) is 0 Å². The summed E-state index contributed by atoms with van der Waals surface area (Å²) in [7, 11) is 1.93. The highest BCUT2D eigenvalue weighted by molar-refractivity contribution is 5.96. The van der Waals surface area contributed by atoms with Gasteiger partial charge < -0.3 is 9.64 Å². The van der Waals surface area contributed by atoms with E-state index in [9.17, 15) is 9.59 Å². The molecule has 1 aliphatic heterocycles. The van der Waals surface area contributed by atoms with E-state index in [4.69, 9.17) is 10.00 Å². The Bertz CT molecular complexity index is 966. The van der Waals surface area contributed by atoms with Crippen LogP contribution in [0.3, 0.4) is 0 Å². The fourth-order valence-electron chi connectivity index (χ4n) is 3.35. The second-order valence-electron chi connectivity index (χ2n) is 6.96. The molecule has 0 spiro atoms. The van der Waals surface area contributed by atoms with Gasteiger partial charge in [0.05, 0.1) is 17.2 Å². The lowest BCUT2D eigenvalue weighted by Crippen LogP contribution is -2.25. The van der Waals surface area contributed by atoms with Crippen LogP contribution in [0.5, 0.6) is 0 Å². The van der Waals surface area contributed by atoms with Crippen LogP contribution in [0, 0.1) is 11.3 Å². The molecule has 0 saturated heterocycles. The van der Waals surface area contributed by atoms with Gasteiger partial charge in [-0.25, -0.2) is 4.79 Å². The third-order valence-electron chi connectivity index (χ3n) is 4.83. The molecule has 1 aliphatic rings. The summed E-state index contributed by atoms with van der Waals surface area (Å²) in [5.41, 5.74) is 3.54. The monoisotopic (exact) mass is 360 g/mol. The van der Waals surface area contributed by atoms with Gasteiger partial charge >= 0.3 is 5.97 Å². The van der Waals surface area contributed by atoms with Crippen molar-refractivity contribution < 1.29 is 14.3 Å². The minimum Gasteiger partial charge on any atom is -0.454 e. The number of para-hydroxylation sites is 1. The number of hydrogen-bond acceptors (Lipinski definition) is 5. The summed E-state index contributed by atoms with van der Waals surface area (Å²) in [5.74, 6) is -0.867. The number of ketones is 1. The average Bonchev–Trinajstić information content (AvgIpc) is 2.87. The van der Waals surface area contributed by atoms with Gasteiger partial charge in [0.15, 0.2) is 12.4 Å². The van der Waals surface area contributed by atoms with E-state index < -0.39 is 5.97 Å². The molecule has 1 heterocycles. The molecule has 136 valence electrons. The first-order chi connectivity index (χ1) is 12.8. The van der Waals surface area contributed by atoms with E-state index in [1.54, 1.807) is 6.08 Å². The number of anilines is 1. The summed E-state index contributed by atoms with van der Waals surface area (Å²) >= 11 is 0. The highest BCUT2D eigenvalue weighted by atomic mass is 16.5. The van der Waals surface area contributed by atoms with Crippen LogP contribution in [0.25, 0.3) is 0 Å². The maximum atomic E-state index is 12.4. The third-order valence-corrected chi connectivity index (χ3v) is 4.83. The summed E-state index contributed by atoms with van der Waals surface area (Å²) in [6.45, 7) is 3.80. The van der Waals surface area contributed by atoms with Gasteiger partial charge in [-0.05, 0) is 35.9 Å². The molecular formula is C22H20N2O3. The molecule has 0 unspecified atom stereocenters. The Hall–Kier alpha value is -3.39. The highest BCUT2D eigenvalue weighted by Gasteiger charge is 2.38. The van der Waals surface area contributed by atoms with Gasteiger partial charge in [0.25, 0.3) is 0 Å². The zero-order valence-electron chi connectivity index (χ0n) is 15.5. The van der Waals surface area contributed by atoms with Crippen molar-refractivity contribution in [3.63, 3.8) is 0 Å². The van der Waals surface area contributed by atoms with Gasteiger partial charge in [-0.3, -0.25) is 4.79 Å². The van der Waals surface area contributed by atoms with E-state index in [0.717, 1.165) is 16.9 Å². The van der Waals surface area contributed by atoms with Crippen LogP contribution in [0.15, 0.2) is 60.3 Å². The van der Waals surface area contributed by atoms with Crippen LogP contribution in [-0.4, -0.2) is 25.4 Å². The van der Waals surface area contributed by atoms with Crippen LogP contribution < -0.4 is 4.90 Å². The number of nitriles is 1. The average molecular weight is 360 g/mol. The SMILES string of the molecule is CN1/C(=C\C(=O)COC(=O)c2ccc(C#N)cc2)C(C)(C)c2ccccc21. The first kappa shape index (κ1) is 18.4. The van der Waals surface area contributed by atoms with Gasteiger partial charge in [-0.1, -0.05) is 32.0 Å². The zero-order chi connectivity index (χ0) is 19.6. The van der Waals surface area contributed by atoms with E-state index in [0.29, 0.717) is 11.1 Å². The van der Waals surface area contributed by atoms with Gasteiger partial charge in [0.1, 0.15) is 0 Å². The van der Waals surface area contributed by atoms with Crippen LogP contribution in [0.2, 0.25) is 0 Å². The normalized spacial score (nSPS) is 15.9. The lowest BCUT2D eigenvalue weighted by molar-refractivity contribution is -0.117. The minimum absolute atomic E-state index is 0.278. The Morgan fingerprint density at radius 3 is 2.44 bits per heavy atom. The molecule has 2 aromatic rings. The molecule has 2 aromatic carbocycles. The number of likely N-dealkylation sites (N-methyl/N-ethyl adjacent to an activating group) is 1. The number of benzene rings is 2. The number of rotatable bonds is 4. The number of allylic oxidation sites excluding steroid dienone is 1. The second-order valence-corrected chi connectivity index (χ2v) is 6.96. The Morgan fingerprint density at radius 2 is 1.81 bits per heavy atom. The molecule has 0 amide bonds. The van der Waals surface area contributed by atoms with Crippen LogP contribution in [-0.2, 0) is 14.9 Å². The molecule has 0 aliphatic carbocycles. The van der Waals surface area contributed by atoms with Crippen molar-refractivity contribution in [3.05, 3.63) is 77.0 Å². The standard InChI is InChI=1S/C22H20N2O3/c1-22(2)18-6-4-5-7-19(18)24(3)20(22)12-17(25)14-27-21(26)16-10-8-15(13-23)9-11-16/h4-12H,14H2,1-3H3/b20-12-. The Labute approximate surface area is 158 Å². The number of ether oxygens (including phenoxy) is 1. The minimum atomic E-state index is -0.589. The van der Waals surface area contributed by atoms with Crippen molar-refractivity contribution in [2.75, 3.05) is 18.6 Å². The number of nitrogens with zero attached hydrogens (tertiary/aromatic N) is 2. The molecule has 0 atom stereocenters. The molecule has 5 heteroatoms. The van der Waals surface area contributed by atoms with E-state index in [1.807, 2.05) is 36.2 Å². The smallest absolute Gasteiger partial charge is 0.338 e. The largest absolute Gasteiger partial charge is 0.454 e. The maximum absolute atomic E-state index is 12.4. The lowest BCUT2D eigenvalue weighted by Gasteiger charge is -2.23. The summed E-state index contributed by atoms with van der Waals surface area (Å²) < 4.78 is 5.12. The summed E-state index contributed by atoms with van der Waals surface area (Å²) in [5, 5.41) is 8.79. The van der Waals surface area contributed by atoms with Gasteiger partial charge in [-0.2, -0.15) is 5.26 Å². The fraction of sp³-hybridized carbons (Fsp3) is 0.227. The quantitative estimate of drug-likeness (QED) is 0.615. The van der Waals surface area contributed by atoms with Crippen molar-refractivity contribution in [2.24, 2.45) is 0 Å². The van der Waals surface area contributed by atoms with Gasteiger partial charge in [0.2, 0.25) is 0 Å². The zero-order valence-corrected chi connectivity index (χ0v) is 15.5. The Kier molecular flexibility index (Phi) is 4.83. The molecule has 0 radical (unpaired) electrons. The summed E-state index contributed by atoms with van der Waals surface area (Å²) in [4.78, 5) is 26.5. The number of esters is 1. The molecule has 3 rings (SSSR count). The van der Waals surface area contributed by atoms with Crippen LogP contribution >= 0.6 is 0 Å². The van der Waals surface area contributed by atoms with Crippen molar-refractivity contribution in [1.29, 1.82) is 5.26 Å². The van der Waals surface area contributed by atoms with E-state index in [1.165, 1.54) is 24.3 Å². The number of carbonyl (C=O) groups excluding carboxylic acids is 2. The Morgan fingerprint density at radius 1 is 1.15 bits per heavy atom. The van der Waals surface area contributed by atoms with Crippen molar-refractivity contribution in [2.45, 2.75) is 19.3 Å². The summed E-state index contributed by atoms with van der Waals surface area (Å²) in [6.07, 6.45) is 1.55. The van der Waals surface area contributed by atoms with Crippen LogP contribution in [0.1, 0.15) is 35.3 Å². The predicted octanol–water partition coefficient (Wildman–Crippen LogP) is 3.60. The molecule has 0 saturated carbocycles. The van der Waals surface area contributed by atoms with E-state index in [2.05, 4.69) is 19.9 Å². The van der Waals surface area contributed by atoms with Gasteiger partial charge in [0, 0.05) is 29.9 Å². The number of carbonyl (C=O) groups is 2. The first-order valence-electron chi connectivity index (χ1n) is 8.60. The topological polar surface area (TPSA) is 70.4 Å². The predicted molar refractivity (Wildman–Crippen MR) is 102 cm³/mol. The number of fused-ring (bicyclic) bond motifs is 1. The molecule has 27 heavy (non-hydrogen) atoms. The molecule has 0 N–H and O–H groups in total. The van der Waals surface area contributed by atoms with E-state index in [-0.39, 0.29) is 17.8 Å². The second kappa shape index (κ2) is 7.08. The number of hydrogen-bond donors (Lipinski definition) is 0. The van der Waals surface area contributed by atoms with Crippen molar-refractivity contribution in [3.8, 4) is 6.07 Å². The molecular weight excluding hydrogens is 340 g/mol. The lowest BCUT2D eigenvalue weighted by atomic mass is 9.83. The van der Waals surface area contributed by atoms with Crippen molar-refractivity contribution >= 4 is 17.4 Å². The summed E-state index contributed by atoms with van der Waals surface area (Å²) in [6, 6.07) is 16.1. The first-order valence-corrected chi connectivity index (χ1v) is 8.60. The molecule has 0 bridgehead atoms. The highest BCUT2D eigenvalue weighted by Crippen LogP contribution is 2.46. The fourth-order valence-corrected chi connectivity index (χ4v) is 3.35. The molecule has 0 fully saturated rings. The van der Waals surface area contributed by atoms with Crippen molar-refractivity contribution in [1.82, 2.24) is 0 Å². The maximum Gasteiger partial charge on any atom is 0.338 e. The molecule has 5 nitrogen and oxygen atoms in total. The Balaban J connectivity index is 1.70. The molecule has 0 aromatic heterocycles.